The summed E-state index contributed by atoms with van der Waals surface area (Å²) in [5.74, 6) is 0.910. The molecule has 0 radical (unpaired) electrons. The number of aromatic nitrogens is 5. The first-order chi connectivity index (χ1) is 7.36. The van der Waals surface area contributed by atoms with Crippen molar-refractivity contribution in [3.8, 4) is 0 Å². The van der Waals surface area contributed by atoms with E-state index in [9.17, 15) is 0 Å². The number of hydrogen-bond donors (Lipinski definition) is 2. The molecule has 2 rings (SSSR count). The molecule has 2 N–H and O–H groups in total. The molecule has 0 bridgehead atoms. The molecule has 0 amide bonds. The molecule has 0 saturated carbocycles. The van der Waals surface area contributed by atoms with Gasteiger partial charge >= 0.3 is 0 Å². The summed E-state index contributed by atoms with van der Waals surface area (Å²) in [6, 6.07) is 0. The van der Waals surface area contributed by atoms with Crippen LogP contribution < -0.4 is 5.32 Å². The maximum atomic E-state index is 4.04. The van der Waals surface area contributed by atoms with Gasteiger partial charge in [0.25, 0.3) is 0 Å². The highest BCUT2D eigenvalue weighted by molar-refractivity contribution is 4.96. The van der Waals surface area contributed by atoms with Gasteiger partial charge in [0.2, 0.25) is 0 Å². The highest BCUT2D eigenvalue weighted by atomic mass is 15.2. The van der Waals surface area contributed by atoms with Gasteiger partial charge in [-0.05, 0) is 0 Å². The van der Waals surface area contributed by atoms with Crippen molar-refractivity contribution >= 4 is 0 Å². The normalized spacial score (nSPS) is 10.7. The summed E-state index contributed by atoms with van der Waals surface area (Å²) in [7, 11) is 1.99. The van der Waals surface area contributed by atoms with Crippen LogP contribution in [-0.2, 0) is 20.0 Å². The fourth-order valence-electron chi connectivity index (χ4n) is 1.33. The number of aromatic amines is 1. The fourth-order valence-corrected chi connectivity index (χ4v) is 1.33. The first-order valence-electron chi connectivity index (χ1n) is 4.86. The van der Waals surface area contributed by atoms with E-state index in [4.69, 9.17) is 0 Å². The Kier molecular flexibility index (Phi) is 3.08. The van der Waals surface area contributed by atoms with E-state index in [0.29, 0.717) is 0 Å². The van der Waals surface area contributed by atoms with Crippen LogP contribution in [0.4, 0.5) is 0 Å². The molecule has 0 fully saturated rings. The molecule has 0 aliphatic carbocycles. The molecule has 2 aromatic rings. The van der Waals surface area contributed by atoms with Crippen LogP contribution in [0, 0.1) is 0 Å². The van der Waals surface area contributed by atoms with Crippen molar-refractivity contribution in [3.05, 3.63) is 30.4 Å². The maximum Gasteiger partial charge on any atom is 0.137 e. The fraction of sp³-hybridized carbons (Fsp3) is 0.444. The van der Waals surface area contributed by atoms with Crippen LogP contribution in [0.15, 0.2) is 18.9 Å². The summed E-state index contributed by atoms with van der Waals surface area (Å²) in [5.41, 5.74) is 1.17. The minimum atomic E-state index is 0.824. The number of nitrogens with zero attached hydrogens (tertiary/aromatic N) is 4. The average Bonchev–Trinajstić information content (AvgIpc) is 2.85. The van der Waals surface area contributed by atoms with Crippen LogP contribution >= 0.6 is 0 Å². The number of aryl methyl sites for hydroxylation is 1. The standard InChI is InChI=1S/C9H14N6/c1-15-7-11-5-8(15)4-10-3-2-9-12-6-13-14-9/h5-7,10H,2-4H2,1H3,(H,12,13,14). The van der Waals surface area contributed by atoms with Gasteiger partial charge in [-0.15, -0.1) is 0 Å². The van der Waals surface area contributed by atoms with Gasteiger partial charge in [-0.2, -0.15) is 5.10 Å². The van der Waals surface area contributed by atoms with Gasteiger partial charge in [0.05, 0.1) is 12.0 Å². The average molecular weight is 206 g/mol. The smallest absolute Gasteiger partial charge is 0.137 e. The van der Waals surface area contributed by atoms with E-state index in [2.05, 4.69) is 25.5 Å². The van der Waals surface area contributed by atoms with Crippen molar-refractivity contribution in [3.63, 3.8) is 0 Å². The lowest BCUT2D eigenvalue weighted by Gasteiger charge is -2.03. The Labute approximate surface area is 87.8 Å². The second-order valence-corrected chi connectivity index (χ2v) is 3.35. The molecule has 15 heavy (non-hydrogen) atoms. The zero-order valence-electron chi connectivity index (χ0n) is 8.64. The van der Waals surface area contributed by atoms with Gasteiger partial charge < -0.3 is 9.88 Å². The van der Waals surface area contributed by atoms with E-state index < -0.39 is 0 Å². The second-order valence-electron chi connectivity index (χ2n) is 3.35. The molecule has 0 atom stereocenters. The Morgan fingerprint density at radius 1 is 1.53 bits per heavy atom. The molecule has 0 unspecified atom stereocenters. The van der Waals surface area contributed by atoms with Gasteiger partial charge in [-0.3, -0.25) is 5.10 Å². The van der Waals surface area contributed by atoms with Gasteiger partial charge in [0.1, 0.15) is 12.2 Å². The largest absolute Gasteiger partial charge is 0.337 e. The van der Waals surface area contributed by atoms with Gasteiger partial charge in [0.15, 0.2) is 0 Å². The minimum Gasteiger partial charge on any atom is -0.337 e. The highest BCUT2D eigenvalue weighted by Gasteiger charge is 1.98. The maximum absolute atomic E-state index is 4.04. The van der Waals surface area contributed by atoms with Gasteiger partial charge in [-0.1, -0.05) is 0 Å². The lowest BCUT2D eigenvalue weighted by molar-refractivity contribution is 0.642. The zero-order chi connectivity index (χ0) is 10.5. The van der Waals surface area contributed by atoms with Crippen molar-refractivity contribution < 1.29 is 0 Å². The zero-order valence-corrected chi connectivity index (χ0v) is 8.64. The molecule has 0 saturated heterocycles. The van der Waals surface area contributed by atoms with Crippen LogP contribution in [0.2, 0.25) is 0 Å². The predicted molar refractivity (Wildman–Crippen MR) is 55.0 cm³/mol. The van der Waals surface area contributed by atoms with Crippen molar-refractivity contribution in [1.29, 1.82) is 0 Å². The monoisotopic (exact) mass is 206 g/mol. The van der Waals surface area contributed by atoms with Crippen LogP contribution in [0.25, 0.3) is 0 Å². The Morgan fingerprint density at radius 3 is 3.13 bits per heavy atom. The Bertz CT molecular complexity index is 390. The molecule has 0 spiro atoms. The minimum absolute atomic E-state index is 0.824. The molecule has 2 heterocycles. The number of rotatable bonds is 5. The van der Waals surface area contributed by atoms with E-state index in [1.807, 2.05) is 17.8 Å². The Morgan fingerprint density at radius 2 is 2.47 bits per heavy atom. The third-order valence-electron chi connectivity index (χ3n) is 2.23. The summed E-state index contributed by atoms with van der Waals surface area (Å²) >= 11 is 0. The molecule has 6 nitrogen and oxygen atoms in total. The molecular weight excluding hydrogens is 192 g/mol. The SMILES string of the molecule is Cn1cncc1CNCCc1ncn[nH]1. The van der Waals surface area contributed by atoms with Crippen LogP contribution in [0.1, 0.15) is 11.5 Å². The Hall–Kier alpha value is -1.69. The lowest BCUT2D eigenvalue weighted by Crippen LogP contribution is -2.18. The molecular formula is C9H14N6. The molecule has 0 aliphatic heterocycles. The topological polar surface area (TPSA) is 71.4 Å². The van der Waals surface area contributed by atoms with Gasteiger partial charge in [-0.25, -0.2) is 9.97 Å². The summed E-state index contributed by atoms with van der Waals surface area (Å²) in [6.45, 7) is 1.70. The molecule has 80 valence electrons. The molecule has 2 aromatic heterocycles. The van der Waals surface area contributed by atoms with E-state index in [1.54, 1.807) is 6.33 Å². The molecule has 6 heteroatoms. The quantitative estimate of drug-likeness (QED) is 0.668. The van der Waals surface area contributed by atoms with E-state index >= 15 is 0 Å². The summed E-state index contributed by atoms with van der Waals surface area (Å²) in [4.78, 5) is 8.09. The summed E-state index contributed by atoms with van der Waals surface area (Å²) < 4.78 is 2.00. The third kappa shape index (κ3) is 2.63. The van der Waals surface area contributed by atoms with Crippen molar-refractivity contribution in [1.82, 2.24) is 30.0 Å². The van der Waals surface area contributed by atoms with Gasteiger partial charge in [0, 0.05) is 32.8 Å². The number of H-pyrrole nitrogens is 1. The van der Waals surface area contributed by atoms with E-state index in [0.717, 1.165) is 25.3 Å². The first kappa shape index (κ1) is 9.85. The Balaban J connectivity index is 1.70. The second kappa shape index (κ2) is 4.70. The number of imidazole rings is 1. The number of hydrogen-bond acceptors (Lipinski definition) is 4. The summed E-state index contributed by atoms with van der Waals surface area (Å²) in [6.07, 6.45) is 6.04. The lowest BCUT2D eigenvalue weighted by atomic mass is 10.4. The highest BCUT2D eigenvalue weighted by Crippen LogP contribution is 1.94. The predicted octanol–water partition coefficient (Wildman–Crippen LogP) is -0.130. The van der Waals surface area contributed by atoms with Crippen molar-refractivity contribution in [2.75, 3.05) is 6.54 Å². The van der Waals surface area contributed by atoms with E-state index in [-0.39, 0.29) is 0 Å². The van der Waals surface area contributed by atoms with Crippen LogP contribution in [0.3, 0.4) is 0 Å². The number of nitrogens with one attached hydrogen (secondary N) is 2. The first-order valence-corrected chi connectivity index (χ1v) is 4.86. The van der Waals surface area contributed by atoms with E-state index in [1.165, 1.54) is 12.0 Å². The third-order valence-corrected chi connectivity index (χ3v) is 2.23. The van der Waals surface area contributed by atoms with Crippen LogP contribution in [0.5, 0.6) is 0 Å². The summed E-state index contributed by atoms with van der Waals surface area (Å²) in [5, 5.41) is 9.93. The van der Waals surface area contributed by atoms with Crippen molar-refractivity contribution in [2.45, 2.75) is 13.0 Å². The molecule has 0 aliphatic rings. The van der Waals surface area contributed by atoms with Crippen molar-refractivity contribution in [2.24, 2.45) is 7.05 Å². The van der Waals surface area contributed by atoms with Crippen LogP contribution in [-0.4, -0.2) is 31.3 Å². The molecule has 0 aromatic carbocycles.